The number of aromatic nitrogens is 1. The number of rotatable bonds is 1. The fraction of sp³-hybridized carbons (Fsp3) is 0.182. The Kier molecular flexibility index (Phi) is 2.30. The Hall–Kier alpha value is -1.28. The Labute approximate surface area is 87.5 Å². The molecule has 14 heavy (non-hydrogen) atoms. The highest BCUT2D eigenvalue weighted by Crippen LogP contribution is 2.31. The standard InChI is InChI=1S/C11H10ClNO/c1-7-10(14-2)8-5-3-4-6-9(8)11(12)13-7/h3-6H,1-2H3. The predicted molar refractivity (Wildman–Crippen MR) is 58.0 cm³/mol. The van der Waals surface area contributed by atoms with E-state index in [0.29, 0.717) is 5.15 Å². The summed E-state index contributed by atoms with van der Waals surface area (Å²) in [5.74, 6) is 0.796. The van der Waals surface area contributed by atoms with Crippen molar-refractivity contribution in [3.63, 3.8) is 0 Å². The fourth-order valence-corrected chi connectivity index (χ4v) is 1.86. The lowest BCUT2D eigenvalue weighted by Gasteiger charge is -2.08. The number of halogens is 1. The van der Waals surface area contributed by atoms with Gasteiger partial charge in [0.25, 0.3) is 0 Å². The number of hydrogen-bond acceptors (Lipinski definition) is 2. The van der Waals surface area contributed by atoms with Crippen molar-refractivity contribution in [3.8, 4) is 5.75 Å². The average Bonchev–Trinajstić information content (AvgIpc) is 2.18. The summed E-state index contributed by atoms with van der Waals surface area (Å²) in [7, 11) is 1.64. The van der Waals surface area contributed by atoms with Crippen molar-refractivity contribution in [3.05, 3.63) is 35.1 Å². The number of methoxy groups -OCH3 is 1. The third-order valence-electron chi connectivity index (χ3n) is 2.19. The molecule has 1 aromatic carbocycles. The monoisotopic (exact) mass is 207 g/mol. The summed E-state index contributed by atoms with van der Waals surface area (Å²) in [5.41, 5.74) is 0.816. The molecular formula is C11H10ClNO. The normalized spacial score (nSPS) is 10.5. The summed E-state index contributed by atoms with van der Waals surface area (Å²) >= 11 is 6.02. The van der Waals surface area contributed by atoms with Crippen LogP contribution < -0.4 is 4.74 Å². The van der Waals surface area contributed by atoms with E-state index < -0.39 is 0 Å². The van der Waals surface area contributed by atoms with Crippen LogP contribution in [0.5, 0.6) is 5.75 Å². The number of hydrogen-bond donors (Lipinski definition) is 0. The van der Waals surface area contributed by atoms with Gasteiger partial charge in [0, 0.05) is 10.8 Å². The zero-order chi connectivity index (χ0) is 10.1. The van der Waals surface area contributed by atoms with E-state index in [-0.39, 0.29) is 0 Å². The third kappa shape index (κ3) is 1.32. The maximum absolute atomic E-state index is 6.02. The molecule has 1 heterocycles. The molecular weight excluding hydrogens is 198 g/mol. The minimum Gasteiger partial charge on any atom is -0.494 e. The highest BCUT2D eigenvalue weighted by molar-refractivity contribution is 6.34. The van der Waals surface area contributed by atoms with Crippen LogP contribution in [-0.2, 0) is 0 Å². The van der Waals surface area contributed by atoms with E-state index >= 15 is 0 Å². The lowest BCUT2D eigenvalue weighted by atomic mass is 10.1. The molecule has 0 atom stereocenters. The molecule has 0 aliphatic carbocycles. The molecule has 0 bridgehead atoms. The third-order valence-corrected chi connectivity index (χ3v) is 2.48. The van der Waals surface area contributed by atoms with Crippen LogP contribution in [0.4, 0.5) is 0 Å². The molecule has 2 nitrogen and oxygen atoms in total. The van der Waals surface area contributed by atoms with Crippen molar-refractivity contribution >= 4 is 22.4 Å². The molecule has 2 rings (SSSR count). The van der Waals surface area contributed by atoms with Crippen molar-refractivity contribution in [2.45, 2.75) is 6.92 Å². The molecule has 0 amide bonds. The van der Waals surface area contributed by atoms with Crippen LogP contribution in [0.2, 0.25) is 5.15 Å². The van der Waals surface area contributed by atoms with Crippen molar-refractivity contribution in [2.75, 3.05) is 7.11 Å². The lowest BCUT2D eigenvalue weighted by Crippen LogP contribution is -1.93. The Morgan fingerprint density at radius 3 is 2.50 bits per heavy atom. The van der Waals surface area contributed by atoms with Crippen LogP contribution in [0.25, 0.3) is 10.8 Å². The van der Waals surface area contributed by atoms with Crippen LogP contribution in [0.3, 0.4) is 0 Å². The molecule has 3 heteroatoms. The number of fused-ring (bicyclic) bond motifs is 1. The van der Waals surface area contributed by atoms with Crippen LogP contribution >= 0.6 is 11.6 Å². The van der Waals surface area contributed by atoms with Crippen LogP contribution in [0.15, 0.2) is 24.3 Å². The van der Waals surface area contributed by atoms with E-state index in [2.05, 4.69) is 4.98 Å². The summed E-state index contributed by atoms with van der Waals surface area (Å²) in [6, 6.07) is 7.81. The van der Waals surface area contributed by atoms with Crippen molar-refractivity contribution < 1.29 is 4.74 Å². The number of ether oxygens (including phenoxy) is 1. The van der Waals surface area contributed by atoms with E-state index in [4.69, 9.17) is 16.3 Å². The van der Waals surface area contributed by atoms with E-state index in [9.17, 15) is 0 Å². The Balaban J connectivity index is 2.90. The zero-order valence-corrected chi connectivity index (χ0v) is 8.80. The highest BCUT2D eigenvalue weighted by Gasteiger charge is 2.09. The molecule has 0 spiro atoms. The van der Waals surface area contributed by atoms with Gasteiger partial charge in [-0.05, 0) is 6.92 Å². The second-order valence-electron chi connectivity index (χ2n) is 3.07. The second kappa shape index (κ2) is 3.46. The summed E-state index contributed by atoms with van der Waals surface area (Å²) in [4.78, 5) is 4.21. The first-order valence-corrected chi connectivity index (χ1v) is 4.70. The minimum absolute atomic E-state index is 0.527. The van der Waals surface area contributed by atoms with Crippen molar-refractivity contribution in [2.24, 2.45) is 0 Å². The molecule has 0 saturated carbocycles. The van der Waals surface area contributed by atoms with E-state index in [1.165, 1.54) is 0 Å². The maximum Gasteiger partial charge on any atom is 0.147 e. The van der Waals surface area contributed by atoms with Gasteiger partial charge in [-0.1, -0.05) is 35.9 Å². The quantitative estimate of drug-likeness (QED) is 0.670. The molecule has 2 aromatic rings. The smallest absolute Gasteiger partial charge is 0.147 e. The van der Waals surface area contributed by atoms with Gasteiger partial charge in [-0.3, -0.25) is 0 Å². The van der Waals surface area contributed by atoms with E-state index in [0.717, 1.165) is 22.2 Å². The predicted octanol–water partition coefficient (Wildman–Crippen LogP) is 3.21. The lowest BCUT2D eigenvalue weighted by molar-refractivity contribution is 0.414. The largest absolute Gasteiger partial charge is 0.494 e. The summed E-state index contributed by atoms with van der Waals surface area (Å²) in [6.45, 7) is 1.89. The van der Waals surface area contributed by atoms with Crippen molar-refractivity contribution in [1.29, 1.82) is 0 Å². The first-order chi connectivity index (χ1) is 6.74. The molecule has 0 aliphatic heterocycles. The average molecular weight is 208 g/mol. The van der Waals surface area contributed by atoms with Gasteiger partial charge in [-0.25, -0.2) is 4.98 Å². The molecule has 0 saturated heterocycles. The van der Waals surface area contributed by atoms with Gasteiger partial charge in [0.2, 0.25) is 0 Å². The van der Waals surface area contributed by atoms with E-state index in [1.54, 1.807) is 7.11 Å². The number of benzene rings is 1. The van der Waals surface area contributed by atoms with Gasteiger partial charge >= 0.3 is 0 Å². The second-order valence-corrected chi connectivity index (χ2v) is 3.42. The first kappa shape index (κ1) is 9.28. The molecule has 0 aliphatic rings. The number of nitrogens with zero attached hydrogens (tertiary/aromatic N) is 1. The highest BCUT2D eigenvalue weighted by atomic mass is 35.5. The SMILES string of the molecule is COc1c(C)nc(Cl)c2ccccc12. The molecule has 1 aromatic heterocycles. The van der Waals surface area contributed by atoms with Crippen molar-refractivity contribution in [1.82, 2.24) is 4.98 Å². The molecule has 72 valence electrons. The zero-order valence-electron chi connectivity index (χ0n) is 8.04. The minimum atomic E-state index is 0.527. The Morgan fingerprint density at radius 1 is 1.21 bits per heavy atom. The van der Waals surface area contributed by atoms with Gasteiger partial charge in [-0.15, -0.1) is 0 Å². The fourth-order valence-electron chi connectivity index (χ4n) is 1.57. The van der Waals surface area contributed by atoms with Gasteiger partial charge in [0.15, 0.2) is 0 Å². The van der Waals surface area contributed by atoms with E-state index in [1.807, 2.05) is 31.2 Å². The molecule has 0 radical (unpaired) electrons. The van der Waals surface area contributed by atoms with Crippen LogP contribution in [0.1, 0.15) is 5.69 Å². The number of pyridine rings is 1. The first-order valence-electron chi connectivity index (χ1n) is 4.33. The summed E-state index contributed by atoms with van der Waals surface area (Å²) in [6.07, 6.45) is 0. The maximum atomic E-state index is 6.02. The van der Waals surface area contributed by atoms with Crippen LogP contribution in [-0.4, -0.2) is 12.1 Å². The van der Waals surface area contributed by atoms with Gasteiger partial charge < -0.3 is 4.74 Å². The number of aryl methyl sites for hydroxylation is 1. The summed E-state index contributed by atoms with van der Waals surface area (Å²) < 4.78 is 5.29. The molecule has 0 unspecified atom stereocenters. The van der Waals surface area contributed by atoms with Gasteiger partial charge in [0.1, 0.15) is 10.9 Å². The molecule has 0 fully saturated rings. The van der Waals surface area contributed by atoms with Gasteiger partial charge in [0.05, 0.1) is 12.8 Å². The van der Waals surface area contributed by atoms with Gasteiger partial charge in [-0.2, -0.15) is 0 Å². The van der Waals surface area contributed by atoms with Crippen LogP contribution in [0, 0.1) is 6.92 Å². The Morgan fingerprint density at radius 2 is 1.86 bits per heavy atom. The summed E-state index contributed by atoms with van der Waals surface area (Å²) in [5, 5.41) is 2.46. The molecule has 0 N–H and O–H groups in total. The Bertz CT molecular complexity index is 482. The topological polar surface area (TPSA) is 22.1 Å².